The van der Waals surface area contributed by atoms with Crippen LogP contribution in [0.2, 0.25) is 0 Å². The molecule has 2 amide bonds. The van der Waals surface area contributed by atoms with Crippen molar-refractivity contribution in [1.29, 1.82) is 0 Å². The lowest BCUT2D eigenvalue weighted by Crippen LogP contribution is -2.36. The number of phenolic OH excluding ortho intramolecular Hbond substituents is 2. The molecule has 1 aromatic heterocycles. The molecule has 0 saturated heterocycles. The molecule has 1 aliphatic heterocycles. The van der Waals surface area contributed by atoms with E-state index in [4.69, 9.17) is 14.7 Å². The summed E-state index contributed by atoms with van der Waals surface area (Å²) in [4.78, 5) is 51.3. The lowest BCUT2D eigenvalue weighted by molar-refractivity contribution is -0.123. The number of methoxy groups -OCH3 is 1. The zero-order chi connectivity index (χ0) is 36.2. The van der Waals surface area contributed by atoms with Gasteiger partial charge < -0.3 is 40.8 Å². The number of aromatic nitrogens is 2. The summed E-state index contributed by atoms with van der Waals surface area (Å²) in [6.45, 7) is 1.58. The van der Waals surface area contributed by atoms with Crippen LogP contribution >= 0.6 is 0 Å². The molecule has 0 spiro atoms. The highest BCUT2D eigenvalue weighted by Gasteiger charge is 2.31. The standard InChI is InChI=1S/C35H42N5O10/c1-22-7-6-10-26(41)9-5-3-4-8-24-17-29(42)33(34(45)32(24)35(46)50-22)28(23-11-13-27(49-2)14-12-23)18-30(43)36-15-16-37-31(44)21-39-20-25(19-38-39)40(47)48/h4,8,11-14,17,19-20,22,28,42,45,47H,3,5-7,9-10,15-16,18,21H2,1-2H3,(H,36,43)(H,37,44)/q-1/b8-4+/t22-,28?/m0/s1. The number of nitrogens with zero attached hydrogens (tertiary/aromatic N) is 3. The minimum atomic E-state index is -0.921. The molecule has 268 valence electrons. The second-order valence-corrected chi connectivity index (χ2v) is 12.0. The topological polar surface area (TPSA) is 216 Å². The molecule has 0 radical (unpaired) electrons. The zero-order valence-corrected chi connectivity index (χ0v) is 28.0. The van der Waals surface area contributed by atoms with E-state index >= 15 is 0 Å². The first-order chi connectivity index (χ1) is 24.0. The van der Waals surface area contributed by atoms with Crippen molar-refractivity contribution in [2.75, 3.05) is 25.4 Å². The number of cyclic esters (lactones) is 1. The number of hydrogen-bond donors (Lipinski definition) is 5. The highest BCUT2D eigenvalue weighted by molar-refractivity contribution is 5.98. The highest BCUT2D eigenvalue weighted by Crippen LogP contribution is 2.44. The number of aromatic hydroxyl groups is 2. The second kappa shape index (κ2) is 17.8. The molecule has 1 aliphatic rings. The minimum absolute atomic E-state index is 0.0397. The van der Waals surface area contributed by atoms with Gasteiger partial charge in [0.05, 0.1) is 31.3 Å². The smallest absolute Gasteiger partial charge is 0.342 e. The number of carbonyl (C=O) groups is 4. The highest BCUT2D eigenvalue weighted by atomic mass is 16.8. The van der Waals surface area contributed by atoms with E-state index in [1.807, 2.05) is 0 Å². The first kappa shape index (κ1) is 37.4. The molecular formula is C35H42N5O10-. The van der Waals surface area contributed by atoms with Crippen LogP contribution in [0.25, 0.3) is 6.08 Å². The lowest BCUT2D eigenvalue weighted by atomic mass is 9.84. The van der Waals surface area contributed by atoms with Crippen LogP contribution in [-0.2, 0) is 25.7 Å². The van der Waals surface area contributed by atoms with Crippen molar-refractivity contribution in [2.24, 2.45) is 0 Å². The fourth-order valence-electron chi connectivity index (χ4n) is 5.64. The molecule has 2 atom stereocenters. The first-order valence-electron chi connectivity index (χ1n) is 16.3. The van der Waals surface area contributed by atoms with Crippen molar-refractivity contribution < 1.29 is 44.1 Å². The number of rotatable bonds is 11. The third-order valence-corrected chi connectivity index (χ3v) is 8.22. The van der Waals surface area contributed by atoms with E-state index in [1.54, 1.807) is 43.3 Å². The number of amides is 2. The van der Waals surface area contributed by atoms with Crippen LogP contribution in [0.1, 0.15) is 84.8 Å². The predicted octanol–water partition coefficient (Wildman–Crippen LogP) is 3.93. The van der Waals surface area contributed by atoms with Crippen molar-refractivity contribution in [3.63, 3.8) is 0 Å². The van der Waals surface area contributed by atoms with E-state index in [9.17, 15) is 34.6 Å². The third kappa shape index (κ3) is 10.3. The van der Waals surface area contributed by atoms with Gasteiger partial charge in [0, 0.05) is 43.8 Å². The quantitative estimate of drug-likeness (QED) is 0.110. The number of phenols is 2. The number of fused-ring (bicyclic) bond motifs is 1. The number of carbonyl (C=O) groups excluding carboxylic acids is 4. The Labute approximate surface area is 289 Å². The van der Waals surface area contributed by atoms with E-state index in [0.29, 0.717) is 49.8 Å². The SMILES string of the molecule is COc1ccc(C(CC(=O)NCCNC(=O)Cn2cc(N([O-])O)cn2)c2c(O)cc3c(c2O)C(=O)O[C@@H](C)CCCC(=O)CCC/C=C/3)cc1. The van der Waals surface area contributed by atoms with E-state index in [2.05, 4.69) is 15.7 Å². The van der Waals surface area contributed by atoms with Crippen molar-refractivity contribution in [3.05, 3.63) is 76.3 Å². The summed E-state index contributed by atoms with van der Waals surface area (Å²) >= 11 is 0. The average Bonchev–Trinajstić information content (AvgIpc) is 3.54. The summed E-state index contributed by atoms with van der Waals surface area (Å²) in [5.74, 6) is -2.82. The van der Waals surface area contributed by atoms with E-state index in [1.165, 1.54) is 19.4 Å². The molecule has 1 unspecified atom stereocenters. The Morgan fingerprint density at radius 2 is 1.82 bits per heavy atom. The number of nitrogens with one attached hydrogen (secondary N) is 2. The summed E-state index contributed by atoms with van der Waals surface area (Å²) in [6, 6.07) is 8.07. The number of benzene rings is 2. The largest absolute Gasteiger partial charge is 0.733 e. The number of allylic oxidation sites excluding steroid dienone is 1. The van der Waals surface area contributed by atoms with Gasteiger partial charge >= 0.3 is 5.97 Å². The van der Waals surface area contributed by atoms with E-state index in [0.717, 1.165) is 10.9 Å². The lowest BCUT2D eigenvalue weighted by Gasteiger charge is -2.23. The fourth-order valence-corrected chi connectivity index (χ4v) is 5.64. The maximum absolute atomic E-state index is 13.5. The Bertz CT molecular complexity index is 1690. The fraction of sp³-hybridized carbons (Fsp3) is 0.400. The maximum Gasteiger partial charge on any atom is 0.342 e. The van der Waals surface area contributed by atoms with E-state index < -0.39 is 35.6 Å². The van der Waals surface area contributed by atoms with Gasteiger partial charge in [-0.25, -0.2) is 4.79 Å². The van der Waals surface area contributed by atoms with Crippen LogP contribution < -0.4 is 20.6 Å². The van der Waals surface area contributed by atoms with Gasteiger partial charge in [-0.2, -0.15) is 5.10 Å². The Balaban J connectivity index is 1.56. The molecule has 2 heterocycles. The molecule has 0 saturated carbocycles. The molecule has 0 bridgehead atoms. The molecule has 3 aromatic rings. The van der Waals surface area contributed by atoms with Crippen molar-refractivity contribution in [1.82, 2.24) is 20.4 Å². The van der Waals surface area contributed by atoms with Crippen LogP contribution in [0.15, 0.2) is 48.8 Å². The Morgan fingerprint density at radius 3 is 2.50 bits per heavy atom. The van der Waals surface area contributed by atoms with Crippen LogP contribution in [0.3, 0.4) is 0 Å². The van der Waals surface area contributed by atoms with Crippen LogP contribution in [0.4, 0.5) is 5.69 Å². The van der Waals surface area contributed by atoms with Gasteiger partial charge in [0.15, 0.2) is 0 Å². The molecule has 4 rings (SSSR count). The summed E-state index contributed by atoms with van der Waals surface area (Å²) in [6.07, 6.45) is 7.85. The minimum Gasteiger partial charge on any atom is -0.733 e. The van der Waals surface area contributed by atoms with Gasteiger partial charge in [-0.05, 0) is 61.9 Å². The van der Waals surface area contributed by atoms with Crippen molar-refractivity contribution >= 4 is 35.3 Å². The number of Topliss-reactive ketones (excluding diaryl/α,β-unsaturated/α-hetero) is 1. The Morgan fingerprint density at radius 1 is 1.12 bits per heavy atom. The molecule has 5 N–H and O–H groups in total. The van der Waals surface area contributed by atoms with Gasteiger partial charge in [0.2, 0.25) is 11.8 Å². The summed E-state index contributed by atoms with van der Waals surface area (Å²) in [5, 5.41) is 51.7. The van der Waals surface area contributed by atoms with Crippen LogP contribution in [0, 0.1) is 5.21 Å². The van der Waals surface area contributed by atoms with Gasteiger partial charge in [-0.15, -0.1) is 0 Å². The molecule has 2 aromatic carbocycles. The van der Waals surface area contributed by atoms with Crippen LogP contribution in [-0.4, -0.2) is 75.1 Å². The summed E-state index contributed by atoms with van der Waals surface area (Å²) in [5.41, 5.74) is 0.441. The van der Waals surface area contributed by atoms with Gasteiger partial charge in [-0.1, -0.05) is 24.3 Å². The monoisotopic (exact) mass is 692 g/mol. The number of anilines is 1. The maximum atomic E-state index is 13.5. The number of ether oxygens (including phenoxy) is 2. The van der Waals surface area contributed by atoms with Crippen molar-refractivity contribution in [3.8, 4) is 17.2 Å². The molecule has 50 heavy (non-hydrogen) atoms. The second-order valence-electron chi connectivity index (χ2n) is 12.0. The normalized spacial score (nSPS) is 16.7. The van der Waals surface area contributed by atoms with E-state index in [-0.39, 0.29) is 65.2 Å². The number of esters is 1. The Kier molecular flexibility index (Phi) is 13.3. The molecule has 15 nitrogen and oxygen atoms in total. The summed E-state index contributed by atoms with van der Waals surface area (Å²) < 4.78 is 12.1. The molecular weight excluding hydrogens is 650 g/mol. The molecule has 0 aliphatic carbocycles. The first-order valence-corrected chi connectivity index (χ1v) is 16.3. The summed E-state index contributed by atoms with van der Waals surface area (Å²) in [7, 11) is 1.50. The average molecular weight is 693 g/mol. The number of hydrogen-bond acceptors (Lipinski definition) is 12. The van der Waals surface area contributed by atoms with Gasteiger partial charge in [0.25, 0.3) is 0 Å². The number of ketones is 1. The zero-order valence-electron chi connectivity index (χ0n) is 28.0. The van der Waals surface area contributed by atoms with Crippen LogP contribution in [0.5, 0.6) is 17.2 Å². The third-order valence-electron chi connectivity index (χ3n) is 8.22. The van der Waals surface area contributed by atoms with Gasteiger partial charge in [-0.3, -0.25) is 24.3 Å². The van der Waals surface area contributed by atoms with Gasteiger partial charge in [0.1, 0.15) is 35.1 Å². The molecule has 15 heteroatoms. The Hall–Kier alpha value is -5.41. The molecule has 0 fully saturated rings. The van der Waals surface area contributed by atoms with Crippen molar-refractivity contribution in [2.45, 2.75) is 70.4 Å². The predicted molar refractivity (Wildman–Crippen MR) is 182 cm³/mol.